The molecular formula is C17H23FNO2+. The Kier molecular flexibility index (Phi) is 3.52. The van der Waals surface area contributed by atoms with Gasteiger partial charge in [-0.3, -0.25) is 4.79 Å². The van der Waals surface area contributed by atoms with E-state index in [2.05, 4.69) is 14.1 Å². The number of carbonyl (C=O) groups excluding carboxylic acids is 1. The van der Waals surface area contributed by atoms with E-state index >= 15 is 0 Å². The van der Waals surface area contributed by atoms with Gasteiger partial charge in [-0.2, -0.15) is 0 Å². The van der Waals surface area contributed by atoms with Gasteiger partial charge in [-0.25, -0.2) is 4.39 Å². The first-order chi connectivity index (χ1) is 9.95. The van der Waals surface area contributed by atoms with Crippen molar-refractivity contribution in [2.45, 2.75) is 37.3 Å². The van der Waals surface area contributed by atoms with Crippen molar-refractivity contribution < 1.29 is 18.4 Å². The summed E-state index contributed by atoms with van der Waals surface area (Å²) in [6, 6.07) is 7.49. The average molecular weight is 292 g/mol. The molecule has 0 amide bonds. The second kappa shape index (κ2) is 5.09. The van der Waals surface area contributed by atoms with Crippen molar-refractivity contribution in [3.05, 3.63) is 35.6 Å². The first kappa shape index (κ1) is 14.5. The van der Waals surface area contributed by atoms with Crippen LogP contribution in [0.15, 0.2) is 24.3 Å². The summed E-state index contributed by atoms with van der Waals surface area (Å²) in [5, 5.41) is 0. The molecule has 2 aliphatic rings. The highest BCUT2D eigenvalue weighted by Gasteiger charge is 2.57. The van der Waals surface area contributed by atoms with Crippen LogP contribution in [0.4, 0.5) is 4.39 Å². The second-order valence-corrected chi connectivity index (χ2v) is 6.87. The summed E-state index contributed by atoms with van der Waals surface area (Å²) in [5.41, 5.74) is 1.06. The van der Waals surface area contributed by atoms with Gasteiger partial charge in [0.05, 0.1) is 27.2 Å². The van der Waals surface area contributed by atoms with Gasteiger partial charge in [0.15, 0.2) is 0 Å². The number of benzene rings is 1. The van der Waals surface area contributed by atoms with Crippen molar-refractivity contribution in [2.24, 2.45) is 5.92 Å². The zero-order valence-electron chi connectivity index (χ0n) is 12.9. The van der Waals surface area contributed by atoms with Gasteiger partial charge < -0.3 is 9.22 Å². The number of methoxy groups -OCH3 is 1. The van der Waals surface area contributed by atoms with Crippen LogP contribution >= 0.6 is 0 Å². The van der Waals surface area contributed by atoms with Crippen LogP contribution in [0.2, 0.25) is 0 Å². The minimum Gasteiger partial charge on any atom is -0.469 e. The predicted molar refractivity (Wildman–Crippen MR) is 78.2 cm³/mol. The van der Waals surface area contributed by atoms with E-state index in [0.717, 1.165) is 29.3 Å². The molecule has 0 radical (unpaired) electrons. The lowest BCUT2D eigenvalue weighted by molar-refractivity contribution is -0.933. The lowest BCUT2D eigenvalue weighted by Gasteiger charge is -2.47. The van der Waals surface area contributed by atoms with Gasteiger partial charge in [0.1, 0.15) is 17.8 Å². The molecular weight excluding hydrogens is 269 g/mol. The van der Waals surface area contributed by atoms with E-state index in [1.807, 2.05) is 12.1 Å². The summed E-state index contributed by atoms with van der Waals surface area (Å²) in [4.78, 5) is 12.4. The molecule has 2 bridgehead atoms. The van der Waals surface area contributed by atoms with Crippen molar-refractivity contribution in [2.75, 3.05) is 21.2 Å². The van der Waals surface area contributed by atoms with Crippen molar-refractivity contribution in [1.82, 2.24) is 0 Å². The summed E-state index contributed by atoms with van der Waals surface area (Å²) in [7, 11) is 5.91. The molecule has 3 rings (SSSR count). The lowest BCUT2D eigenvalue weighted by Crippen LogP contribution is -2.59. The molecule has 0 spiro atoms. The fraction of sp³-hybridized carbons (Fsp3) is 0.588. The molecule has 4 heteroatoms. The molecule has 21 heavy (non-hydrogen) atoms. The maximum Gasteiger partial charge on any atom is 0.315 e. The zero-order valence-corrected chi connectivity index (χ0v) is 12.9. The standard InChI is InChI=1S/C17H23FNO2/c1-19(2)13-8-9-15(19)16(17(20)21-3)14(10-13)11-4-6-12(18)7-5-11/h4-7,13-16H,8-10H2,1-3H3/q+1/t13?,14-,15?,16+/m1/s1. The highest BCUT2D eigenvalue weighted by atomic mass is 19.1. The summed E-state index contributed by atoms with van der Waals surface area (Å²) in [5.74, 6) is -0.347. The third-order valence-corrected chi connectivity index (χ3v) is 5.74. The van der Waals surface area contributed by atoms with Crippen LogP contribution < -0.4 is 0 Å². The van der Waals surface area contributed by atoms with Crippen LogP contribution in [0.3, 0.4) is 0 Å². The second-order valence-electron chi connectivity index (χ2n) is 6.87. The lowest BCUT2D eigenvalue weighted by atomic mass is 9.75. The summed E-state index contributed by atoms with van der Waals surface area (Å²) in [6.07, 6.45) is 3.19. The van der Waals surface area contributed by atoms with Crippen LogP contribution in [0.5, 0.6) is 0 Å². The Morgan fingerprint density at radius 2 is 1.90 bits per heavy atom. The van der Waals surface area contributed by atoms with Gasteiger partial charge in [-0.05, 0) is 17.7 Å². The van der Waals surface area contributed by atoms with E-state index in [0.29, 0.717) is 12.1 Å². The van der Waals surface area contributed by atoms with Gasteiger partial charge in [0, 0.05) is 25.2 Å². The van der Waals surface area contributed by atoms with Crippen molar-refractivity contribution in [3.8, 4) is 0 Å². The van der Waals surface area contributed by atoms with E-state index in [4.69, 9.17) is 4.74 Å². The van der Waals surface area contributed by atoms with Crippen LogP contribution in [-0.2, 0) is 9.53 Å². The minimum atomic E-state index is -0.233. The van der Waals surface area contributed by atoms with Gasteiger partial charge in [0.2, 0.25) is 0 Å². The van der Waals surface area contributed by atoms with E-state index < -0.39 is 0 Å². The van der Waals surface area contributed by atoms with Gasteiger partial charge in [-0.15, -0.1) is 0 Å². The van der Waals surface area contributed by atoms with Crippen LogP contribution in [-0.4, -0.2) is 43.7 Å². The van der Waals surface area contributed by atoms with E-state index in [9.17, 15) is 9.18 Å². The van der Waals surface area contributed by atoms with Crippen LogP contribution in [0.25, 0.3) is 0 Å². The number of carbonyl (C=O) groups is 1. The molecule has 2 unspecified atom stereocenters. The highest BCUT2D eigenvalue weighted by molar-refractivity contribution is 5.74. The van der Waals surface area contributed by atoms with Crippen LogP contribution in [0.1, 0.15) is 30.7 Å². The predicted octanol–water partition coefficient (Wildman–Crippen LogP) is 2.71. The number of halogens is 1. The molecule has 2 saturated heterocycles. The number of rotatable bonds is 2. The molecule has 0 aromatic heterocycles. The van der Waals surface area contributed by atoms with E-state index in [1.54, 1.807) is 0 Å². The maximum atomic E-state index is 13.2. The van der Waals surface area contributed by atoms with E-state index in [1.165, 1.54) is 19.2 Å². The molecule has 114 valence electrons. The third kappa shape index (κ3) is 2.26. The molecule has 2 heterocycles. The largest absolute Gasteiger partial charge is 0.469 e. The fourth-order valence-electron chi connectivity index (χ4n) is 4.50. The Labute approximate surface area is 125 Å². The molecule has 2 aliphatic heterocycles. The van der Waals surface area contributed by atoms with Crippen molar-refractivity contribution >= 4 is 5.97 Å². The zero-order chi connectivity index (χ0) is 15.2. The number of esters is 1. The topological polar surface area (TPSA) is 26.3 Å². The molecule has 2 fully saturated rings. The van der Waals surface area contributed by atoms with Crippen molar-refractivity contribution in [3.63, 3.8) is 0 Å². The number of nitrogens with zero attached hydrogens (tertiary/aromatic N) is 1. The fourth-order valence-corrected chi connectivity index (χ4v) is 4.50. The first-order valence-electron chi connectivity index (χ1n) is 7.61. The van der Waals surface area contributed by atoms with Crippen LogP contribution in [0, 0.1) is 11.7 Å². The Morgan fingerprint density at radius 1 is 1.24 bits per heavy atom. The molecule has 0 aliphatic carbocycles. The van der Waals surface area contributed by atoms with Crippen molar-refractivity contribution in [1.29, 1.82) is 0 Å². The number of hydrogen-bond acceptors (Lipinski definition) is 2. The van der Waals surface area contributed by atoms with Gasteiger partial charge in [-0.1, -0.05) is 12.1 Å². The smallest absolute Gasteiger partial charge is 0.315 e. The Bertz CT molecular complexity index is 540. The Hall–Kier alpha value is -1.42. The molecule has 0 saturated carbocycles. The molecule has 4 atom stereocenters. The monoisotopic (exact) mass is 292 g/mol. The highest BCUT2D eigenvalue weighted by Crippen LogP contribution is 2.49. The molecule has 3 nitrogen and oxygen atoms in total. The number of quaternary nitrogens is 1. The number of ether oxygens (including phenoxy) is 1. The summed E-state index contributed by atoms with van der Waals surface area (Å²) in [6.45, 7) is 0. The number of hydrogen-bond donors (Lipinski definition) is 0. The van der Waals surface area contributed by atoms with E-state index in [-0.39, 0.29) is 23.6 Å². The van der Waals surface area contributed by atoms with Gasteiger partial charge >= 0.3 is 5.97 Å². The maximum absolute atomic E-state index is 13.2. The Balaban J connectivity index is 1.99. The third-order valence-electron chi connectivity index (χ3n) is 5.74. The quantitative estimate of drug-likeness (QED) is 0.619. The molecule has 1 aromatic carbocycles. The average Bonchev–Trinajstić information content (AvgIpc) is 2.66. The number of piperidine rings is 1. The Morgan fingerprint density at radius 3 is 2.52 bits per heavy atom. The first-order valence-corrected chi connectivity index (χ1v) is 7.61. The normalized spacial score (nSPS) is 33.7. The molecule has 1 aromatic rings. The SMILES string of the molecule is COC(=O)[C@@H]1C2CCC(C[C@@H]1c1ccc(F)cc1)[N+]2(C)C. The number of fused-ring (bicyclic) bond motifs is 2. The minimum absolute atomic E-state index is 0.124. The summed E-state index contributed by atoms with van der Waals surface area (Å²) < 4.78 is 19.2. The summed E-state index contributed by atoms with van der Waals surface area (Å²) >= 11 is 0. The molecule has 0 N–H and O–H groups in total. The van der Waals surface area contributed by atoms with Gasteiger partial charge in [0.25, 0.3) is 0 Å².